The van der Waals surface area contributed by atoms with Crippen LogP contribution in [0.3, 0.4) is 0 Å². The number of ether oxygens (including phenoxy) is 3. The van der Waals surface area contributed by atoms with Crippen LogP contribution in [0.2, 0.25) is 0 Å². The van der Waals surface area contributed by atoms with Gasteiger partial charge in [0.2, 0.25) is 0 Å². The predicted octanol–water partition coefficient (Wildman–Crippen LogP) is 23.8. The van der Waals surface area contributed by atoms with Crippen molar-refractivity contribution >= 4 is 17.9 Å². The average Bonchev–Trinajstić information content (AvgIpc) is 3.47. The minimum atomic E-state index is -0.776. The maximum atomic E-state index is 12.8. The molecule has 0 saturated carbocycles. The summed E-state index contributed by atoms with van der Waals surface area (Å²) >= 11 is 0. The molecule has 0 fully saturated rings. The zero-order valence-electron chi connectivity index (χ0n) is 53.3. The molecular weight excluding hydrogens is 997 g/mol. The monoisotopic (exact) mass is 1120 g/mol. The van der Waals surface area contributed by atoms with E-state index in [0.717, 1.165) is 122 Å². The number of allylic oxidation sites excluding steroid dienone is 18. The van der Waals surface area contributed by atoms with Crippen LogP contribution in [0, 0.1) is 0 Å². The van der Waals surface area contributed by atoms with Gasteiger partial charge in [-0.3, -0.25) is 14.4 Å². The van der Waals surface area contributed by atoms with Gasteiger partial charge in [-0.05, 0) is 103 Å². The van der Waals surface area contributed by atoms with Crippen molar-refractivity contribution in [3.8, 4) is 0 Å². The number of hydrogen-bond acceptors (Lipinski definition) is 6. The summed E-state index contributed by atoms with van der Waals surface area (Å²) in [7, 11) is 0. The molecule has 6 heteroatoms. The maximum absolute atomic E-state index is 12.8. The first kappa shape index (κ1) is 77.1. The lowest BCUT2D eigenvalue weighted by Crippen LogP contribution is -2.30. The van der Waals surface area contributed by atoms with E-state index < -0.39 is 6.10 Å². The van der Waals surface area contributed by atoms with Crippen LogP contribution in [-0.2, 0) is 28.6 Å². The number of unbranched alkanes of at least 4 members (excludes halogenated alkanes) is 33. The Morgan fingerprint density at radius 1 is 0.259 bits per heavy atom. The molecule has 0 rings (SSSR count). The topological polar surface area (TPSA) is 78.9 Å². The Balaban J connectivity index is 3.94. The molecule has 0 aromatic carbocycles. The van der Waals surface area contributed by atoms with Crippen molar-refractivity contribution < 1.29 is 28.6 Å². The van der Waals surface area contributed by atoms with Crippen molar-refractivity contribution in [1.82, 2.24) is 0 Å². The molecule has 464 valence electrons. The van der Waals surface area contributed by atoms with Gasteiger partial charge in [-0.2, -0.15) is 0 Å². The lowest BCUT2D eigenvalue weighted by molar-refractivity contribution is -0.167. The lowest BCUT2D eigenvalue weighted by atomic mass is 10.0. The Kier molecular flexibility index (Phi) is 65.2. The second kappa shape index (κ2) is 68.6. The molecule has 0 amide bonds. The van der Waals surface area contributed by atoms with Gasteiger partial charge in [0.25, 0.3) is 0 Å². The normalized spacial score (nSPS) is 12.8. The van der Waals surface area contributed by atoms with Crippen LogP contribution in [-0.4, -0.2) is 37.2 Å². The summed E-state index contributed by atoms with van der Waals surface area (Å²) in [6.45, 7) is 6.36. The van der Waals surface area contributed by atoms with Gasteiger partial charge >= 0.3 is 17.9 Å². The highest BCUT2D eigenvalue weighted by Crippen LogP contribution is 2.17. The van der Waals surface area contributed by atoms with Crippen molar-refractivity contribution in [3.05, 3.63) is 109 Å². The predicted molar refractivity (Wildman–Crippen MR) is 353 cm³/mol. The van der Waals surface area contributed by atoms with Crippen LogP contribution in [0.1, 0.15) is 329 Å². The summed E-state index contributed by atoms with van der Waals surface area (Å²) in [5.41, 5.74) is 0. The second-order valence-electron chi connectivity index (χ2n) is 22.7. The van der Waals surface area contributed by atoms with Gasteiger partial charge in [0, 0.05) is 19.3 Å². The first-order chi connectivity index (χ1) is 40.0. The minimum Gasteiger partial charge on any atom is -0.462 e. The number of rotatable bonds is 62. The summed E-state index contributed by atoms with van der Waals surface area (Å²) < 4.78 is 16.8. The molecular formula is C75H128O6. The number of esters is 3. The fourth-order valence-electron chi connectivity index (χ4n) is 9.70. The molecule has 81 heavy (non-hydrogen) atoms. The van der Waals surface area contributed by atoms with Gasteiger partial charge in [-0.25, -0.2) is 0 Å². The van der Waals surface area contributed by atoms with Crippen molar-refractivity contribution in [1.29, 1.82) is 0 Å². The third-order valence-corrected chi connectivity index (χ3v) is 14.8. The third kappa shape index (κ3) is 66.8. The number of carbonyl (C=O) groups excluding carboxylic acids is 3. The first-order valence-electron chi connectivity index (χ1n) is 34.4. The molecule has 0 bridgehead atoms. The lowest BCUT2D eigenvalue weighted by Gasteiger charge is -2.18. The van der Waals surface area contributed by atoms with Crippen molar-refractivity contribution in [2.24, 2.45) is 0 Å². The van der Waals surface area contributed by atoms with Crippen LogP contribution in [0.4, 0.5) is 0 Å². The summed E-state index contributed by atoms with van der Waals surface area (Å²) in [5, 5.41) is 0. The highest BCUT2D eigenvalue weighted by molar-refractivity contribution is 5.71. The molecule has 1 atom stereocenters. The van der Waals surface area contributed by atoms with E-state index in [1.165, 1.54) is 167 Å². The zero-order valence-corrected chi connectivity index (χ0v) is 53.3. The van der Waals surface area contributed by atoms with E-state index in [9.17, 15) is 14.4 Å². The van der Waals surface area contributed by atoms with Crippen LogP contribution in [0.25, 0.3) is 0 Å². The van der Waals surface area contributed by atoms with E-state index in [0.29, 0.717) is 19.3 Å². The summed E-state index contributed by atoms with van der Waals surface area (Å²) in [4.78, 5) is 38.0. The average molecular weight is 1130 g/mol. The standard InChI is InChI=1S/C75H128O6/c1-4-7-10-13-15-17-19-21-23-25-27-29-31-32-33-34-35-36-37-38-39-40-41-42-44-45-47-49-51-53-55-57-59-62-65-68-74(77)80-71-72(70-79-73(76)67-64-61-12-9-6-3)81-75(78)69-66-63-60-58-56-54-52-50-48-46-43-30-28-26-24-22-20-18-16-14-11-8-5-2/h7-8,10-11,15-18,21-24,27-30,32-33,72H,4-6,9,12-14,19-20,25-26,31,34-71H2,1-3H3/b10-7-,11-8-,17-15-,18-16-,23-21-,24-22-,29-27-,30-28-,33-32-. The van der Waals surface area contributed by atoms with Gasteiger partial charge in [-0.1, -0.05) is 316 Å². The van der Waals surface area contributed by atoms with E-state index >= 15 is 0 Å². The second-order valence-corrected chi connectivity index (χ2v) is 22.7. The van der Waals surface area contributed by atoms with Gasteiger partial charge in [0.15, 0.2) is 6.10 Å². The molecule has 6 nitrogen and oxygen atoms in total. The number of hydrogen-bond donors (Lipinski definition) is 0. The summed E-state index contributed by atoms with van der Waals surface area (Å²) in [5.74, 6) is -0.883. The molecule has 0 aliphatic heterocycles. The van der Waals surface area contributed by atoms with Crippen molar-refractivity contribution in [3.63, 3.8) is 0 Å². The highest BCUT2D eigenvalue weighted by atomic mass is 16.6. The van der Waals surface area contributed by atoms with Gasteiger partial charge < -0.3 is 14.2 Å². The Morgan fingerprint density at radius 2 is 0.481 bits per heavy atom. The summed E-state index contributed by atoms with van der Waals surface area (Å²) in [6, 6.07) is 0. The molecule has 0 spiro atoms. The van der Waals surface area contributed by atoms with E-state index in [1.807, 2.05) is 0 Å². The Hall–Kier alpha value is -3.93. The Morgan fingerprint density at radius 3 is 0.753 bits per heavy atom. The van der Waals surface area contributed by atoms with Crippen molar-refractivity contribution in [2.75, 3.05) is 13.2 Å². The van der Waals surface area contributed by atoms with Crippen LogP contribution < -0.4 is 0 Å². The smallest absolute Gasteiger partial charge is 0.306 e. The molecule has 0 N–H and O–H groups in total. The fraction of sp³-hybridized carbons (Fsp3) is 0.720. The van der Waals surface area contributed by atoms with Gasteiger partial charge in [0.05, 0.1) is 0 Å². The summed E-state index contributed by atoms with van der Waals surface area (Å²) in [6.07, 6.45) is 94.6. The zero-order chi connectivity index (χ0) is 58.5. The first-order valence-corrected chi connectivity index (χ1v) is 34.4. The van der Waals surface area contributed by atoms with Gasteiger partial charge in [0.1, 0.15) is 13.2 Å². The molecule has 0 aromatic rings. The van der Waals surface area contributed by atoms with Gasteiger partial charge in [-0.15, -0.1) is 0 Å². The van der Waals surface area contributed by atoms with Crippen LogP contribution in [0.5, 0.6) is 0 Å². The van der Waals surface area contributed by atoms with E-state index in [1.54, 1.807) is 0 Å². The molecule has 0 aliphatic rings. The Bertz CT molecular complexity index is 1620. The SMILES string of the molecule is CC/C=C\C/C=C\C/C=C\C/C=C\C/C=C\CCCCCCCCCCCCCCCCCCCCCC(=O)OCC(COC(=O)CCCCCCC)OC(=O)CCCCCCCCCCCC/C=C\C/C=C\C/C=C\C/C=C\CC. The third-order valence-electron chi connectivity index (χ3n) is 14.8. The largest absolute Gasteiger partial charge is 0.462 e. The highest BCUT2D eigenvalue weighted by Gasteiger charge is 2.19. The molecule has 0 radical (unpaired) electrons. The fourth-order valence-corrected chi connectivity index (χ4v) is 9.70. The maximum Gasteiger partial charge on any atom is 0.306 e. The molecule has 0 heterocycles. The van der Waals surface area contributed by atoms with E-state index in [-0.39, 0.29) is 31.1 Å². The quantitative estimate of drug-likeness (QED) is 0.0261. The van der Waals surface area contributed by atoms with Crippen molar-refractivity contribution in [2.45, 2.75) is 335 Å². The number of carbonyl (C=O) groups is 3. The van der Waals surface area contributed by atoms with E-state index in [2.05, 4.69) is 130 Å². The Labute approximate surface area is 501 Å². The molecule has 0 aliphatic carbocycles. The van der Waals surface area contributed by atoms with Crippen LogP contribution >= 0.6 is 0 Å². The molecule has 1 unspecified atom stereocenters. The van der Waals surface area contributed by atoms with E-state index in [4.69, 9.17) is 14.2 Å². The van der Waals surface area contributed by atoms with Crippen LogP contribution in [0.15, 0.2) is 109 Å². The molecule has 0 saturated heterocycles. The molecule has 0 aromatic heterocycles. The minimum absolute atomic E-state index is 0.0763.